The van der Waals surface area contributed by atoms with Crippen LogP contribution in [-0.2, 0) is 20.0 Å². The zero-order valence-corrected chi connectivity index (χ0v) is 15.5. The smallest absolute Gasteiger partial charge is 0.260 e. The Hall–Kier alpha value is -1.27. The third-order valence-corrected chi connectivity index (χ3v) is 9.01. The molecule has 0 radical (unpaired) electrons. The number of imidazole rings is 1. The Balaban J connectivity index is 1.78. The molecule has 132 valence electrons. The van der Waals surface area contributed by atoms with Crippen molar-refractivity contribution >= 4 is 31.4 Å². The highest BCUT2D eigenvalue weighted by molar-refractivity contribution is 7.91. The van der Waals surface area contributed by atoms with Gasteiger partial charge in [-0.2, -0.15) is 8.61 Å². The molecule has 0 bridgehead atoms. The topological polar surface area (TPSA) is 103 Å². The number of hydrogen-bond donors (Lipinski definition) is 1. The fourth-order valence-electron chi connectivity index (χ4n) is 2.55. The van der Waals surface area contributed by atoms with E-state index >= 15 is 0 Å². The van der Waals surface area contributed by atoms with Crippen LogP contribution in [0.5, 0.6) is 0 Å². The minimum atomic E-state index is -3.68. The minimum Gasteiger partial charge on any atom is -0.335 e. The van der Waals surface area contributed by atoms with Crippen LogP contribution in [0.4, 0.5) is 0 Å². The summed E-state index contributed by atoms with van der Waals surface area (Å²) in [6.07, 6.45) is 3.00. The molecule has 2 aromatic rings. The van der Waals surface area contributed by atoms with Crippen molar-refractivity contribution in [1.29, 1.82) is 0 Å². The van der Waals surface area contributed by atoms with E-state index in [9.17, 15) is 16.8 Å². The van der Waals surface area contributed by atoms with Crippen LogP contribution in [0.3, 0.4) is 0 Å². The van der Waals surface area contributed by atoms with Crippen molar-refractivity contribution in [3.8, 4) is 0 Å². The van der Waals surface area contributed by atoms with Crippen molar-refractivity contribution < 1.29 is 16.8 Å². The monoisotopic (exact) mass is 390 g/mol. The largest absolute Gasteiger partial charge is 0.335 e. The molecule has 1 fully saturated rings. The number of aromatic amines is 1. The number of hydrogen-bond acceptors (Lipinski definition) is 6. The lowest BCUT2D eigenvalue weighted by Crippen LogP contribution is -2.37. The minimum absolute atomic E-state index is 0.0210. The lowest BCUT2D eigenvalue weighted by Gasteiger charge is -2.20. The first-order valence-electron chi connectivity index (χ1n) is 7.37. The summed E-state index contributed by atoms with van der Waals surface area (Å²) < 4.78 is 53.4. The lowest BCUT2D eigenvalue weighted by molar-refractivity contribution is 0.404. The van der Waals surface area contributed by atoms with E-state index in [1.807, 2.05) is 6.92 Å². The van der Waals surface area contributed by atoms with E-state index < -0.39 is 20.0 Å². The van der Waals surface area contributed by atoms with Gasteiger partial charge in [-0.15, -0.1) is 11.3 Å². The summed E-state index contributed by atoms with van der Waals surface area (Å²) in [6, 6.07) is 3.36. The molecule has 1 aliphatic rings. The predicted molar refractivity (Wildman–Crippen MR) is 89.8 cm³/mol. The standard InChI is InChI=1S/C13H18N4O4S3/c1-11-3-4-13(22-11)24(20,21)17-6-2-5-16(7-8-17)23(18,19)12-9-14-10-15-12/h3-4,9-10H,2,5-8H2,1H3,(H,14,15). The summed E-state index contributed by atoms with van der Waals surface area (Å²) in [5.74, 6) is 0. The molecule has 11 heteroatoms. The van der Waals surface area contributed by atoms with E-state index in [4.69, 9.17) is 0 Å². The third kappa shape index (κ3) is 3.26. The first-order chi connectivity index (χ1) is 11.3. The van der Waals surface area contributed by atoms with Crippen LogP contribution in [0, 0.1) is 6.92 Å². The number of aromatic nitrogens is 2. The number of aryl methyl sites for hydroxylation is 1. The summed E-state index contributed by atoms with van der Waals surface area (Å²) in [5.41, 5.74) is 0. The number of thiophene rings is 1. The molecule has 0 atom stereocenters. The Morgan fingerprint density at radius 2 is 1.71 bits per heavy atom. The number of nitrogens with one attached hydrogen (secondary N) is 1. The molecule has 2 aromatic heterocycles. The van der Waals surface area contributed by atoms with Crippen molar-refractivity contribution in [3.63, 3.8) is 0 Å². The van der Waals surface area contributed by atoms with Crippen LogP contribution in [0.1, 0.15) is 11.3 Å². The average molecular weight is 391 g/mol. The first kappa shape index (κ1) is 17.5. The maximum atomic E-state index is 12.7. The van der Waals surface area contributed by atoms with Gasteiger partial charge in [0, 0.05) is 31.1 Å². The average Bonchev–Trinajstić information content (AvgIpc) is 3.14. The molecule has 24 heavy (non-hydrogen) atoms. The number of rotatable bonds is 4. The van der Waals surface area contributed by atoms with Gasteiger partial charge in [-0.3, -0.25) is 0 Å². The third-order valence-electron chi connectivity index (χ3n) is 3.81. The molecule has 0 aromatic carbocycles. The fraction of sp³-hybridized carbons (Fsp3) is 0.462. The molecule has 0 unspecified atom stereocenters. The molecule has 8 nitrogen and oxygen atoms in total. The van der Waals surface area contributed by atoms with E-state index in [0.717, 1.165) is 4.88 Å². The molecule has 1 saturated heterocycles. The second-order valence-corrected chi connectivity index (χ2v) is 10.8. The van der Waals surface area contributed by atoms with Gasteiger partial charge in [0.05, 0.1) is 12.5 Å². The highest BCUT2D eigenvalue weighted by Crippen LogP contribution is 2.25. The van der Waals surface area contributed by atoms with Gasteiger partial charge < -0.3 is 4.98 Å². The fourth-order valence-corrected chi connectivity index (χ4v) is 6.82. The molecule has 3 heterocycles. The van der Waals surface area contributed by atoms with Crippen molar-refractivity contribution in [2.75, 3.05) is 26.2 Å². The summed E-state index contributed by atoms with van der Waals surface area (Å²) in [7, 11) is -7.25. The summed E-state index contributed by atoms with van der Waals surface area (Å²) in [5, 5.41) is 0.0210. The number of sulfonamides is 2. The highest BCUT2D eigenvalue weighted by atomic mass is 32.2. The molecular weight excluding hydrogens is 372 g/mol. The molecule has 1 aliphatic heterocycles. The molecule has 3 rings (SSSR count). The molecule has 0 spiro atoms. The van der Waals surface area contributed by atoms with Gasteiger partial charge in [0.15, 0.2) is 5.03 Å². The van der Waals surface area contributed by atoms with Crippen LogP contribution >= 0.6 is 11.3 Å². The molecule has 0 saturated carbocycles. The summed E-state index contributed by atoms with van der Waals surface area (Å²) >= 11 is 1.22. The molecule has 1 N–H and O–H groups in total. The van der Waals surface area contributed by atoms with Crippen LogP contribution in [-0.4, -0.2) is 61.6 Å². The van der Waals surface area contributed by atoms with E-state index in [0.29, 0.717) is 17.2 Å². The van der Waals surface area contributed by atoms with Crippen molar-refractivity contribution in [2.24, 2.45) is 0 Å². The van der Waals surface area contributed by atoms with E-state index in [1.54, 1.807) is 12.1 Å². The first-order valence-corrected chi connectivity index (χ1v) is 11.1. The Kier molecular flexibility index (Phi) is 4.80. The quantitative estimate of drug-likeness (QED) is 0.834. The SMILES string of the molecule is Cc1ccc(S(=O)(=O)N2CCCN(S(=O)(=O)c3cnc[nH]3)CC2)s1. The second-order valence-electron chi connectivity index (χ2n) is 5.44. The van der Waals surface area contributed by atoms with E-state index in [1.165, 1.54) is 32.5 Å². The van der Waals surface area contributed by atoms with Crippen molar-refractivity contribution in [1.82, 2.24) is 18.6 Å². The van der Waals surface area contributed by atoms with Crippen molar-refractivity contribution in [2.45, 2.75) is 22.6 Å². The van der Waals surface area contributed by atoms with Gasteiger partial charge in [0.1, 0.15) is 4.21 Å². The highest BCUT2D eigenvalue weighted by Gasteiger charge is 2.32. The van der Waals surface area contributed by atoms with Gasteiger partial charge in [0.2, 0.25) is 0 Å². The molecule has 0 aliphatic carbocycles. The van der Waals surface area contributed by atoms with Gasteiger partial charge in [-0.05, 0) is 25.5 Å². The van der Waals surface area contributed by atoms with Gasteiger partial charge >= 0.3 is 0 Å². The summed E-state index contributed by atoms with van der Waals surface area (Å²) in [4.78, 5) is 7.25. The maximum Gasteiger partial charge on any atom is 0.260 e. The van der Waals surface area contributed by atoms with E-state index in [2.05, 4.69) is 9.97 Å². The van der Waals surface area contributed by atoms with Gasteiger partial charge in [-0.1, -0.05) is 0 Å². The van der Waals surface area contributed by atoms with Crippen LogP contribution in [0.2, 0.25) is 0 Å². The number of H-pyrrole nitrogens is 1. The second kappa shape index (κ2) is 6.56. The van der Waals surface area contributed by atoms with Crippen LogP contribution in [0.25, 0.3) is 0 Å². The number of nitrogens with zero attached hydrogens (tertiary/aromatic N) is 3. The van der Waals surface area contributed by atoms with Crippen LogP contribution < -0.4 is 0 Å². The molecule has 0 amide bonds. The normalized spacial score (nSPS) is 18.5. The summed E-state index contributed by atoms with van der Waals surface area (Å²) in [6.45, 7) is 2.67. The Morgan fingerprint density at radius 3 is 2.25 bits per heavy atom. The molecular formula is C13H18N4O4S3. The Morgan fingerprint density at radius 1 is 1.04 bits per heavy atom. The zero-order chi connectivity index (χ0) is 17.4. The maximum absolute atomic E-state index is 12.7. The van der Waals surface area contributed by atoms with Crippen molar-refractivity contribution in [3.05, 3.63) is 29.5 Å². The lowest BCUT2D eigenvalue weighted by atomic mass is 10.4. The predicted octanol–water partition coefficient (Wildman–Crippen LogP) is 0.865. The van der Waals surface area contributed by atoms with E-state index in [-0.39, 0.29) is 24.7 Å². The van der Waals surface area contributed by atoms with Gasteiger partial charge in [0.25, 0.3) is 20.0 Å². The van der Waals surface area contributed by atoms with Crippen LogP contribution in [0.15, 0.2) is 33.9 Å². The van der Waals surface area contributed by atoms with Gasteiger partial charge in [-0.25, -0.2) is 21.8 Å². The Labute approximate surface area is 145 Å². The Bertz CT molecular complexity index is 903. The zero-order valence-electron chi connectivity index (χ0n) is 13.0.